The number of nitrogens with zero attached hydrogens (tertiary/aromatic N) is 6. The predicted molar refractivity (Wildman–Crippen MR) is 275 cm³/mol. The van der Waals surface area contributed by atoms with Gasteiger partial charge in [-0.3, -0.25) is 24.8 Å². The molecule has 2 heterocycles. The van der Waals surface area contributed by atoms with Crippen LogP contribution in [-0.4, -0.2) is 83.6 Å². The van der Waals surface area contributed by atoms with Crippen LogP contribution in [0.4, 0.5) is 69.3 Å². The second-order valence-corrected chi connectivity index (χ2v) is 23.8. The summed E-state index contributed by atoms with van der Waals surface area (Å²) in [6, 6.07) is 23.3. The molecule has 0 spiro atoms. The molecule has 0 fully saturated rings. The molecule has 2 aromatic heterocycles. The summed E-state index contributed by atoms with van der Waals surface area (Å²) in [7, 11) is -6.60. The second-order valence-electron chi connectivity index (χ2n) is 15.7. The lowest BCUT2D eigenvalue weighted by Crippen LogP contribution is -2.11. The maximum atomic E-state index is 14.3. The third-order valence-electron chi connectivity index (χ3n) is 9.46. The first kappa shape index (κ1) is 58.8. The first-order chi connectivity index (χ1) is 34.5. The summed E-state index contributed by atoms with van der Waals surface area (Å²) in [6.45, 7) is 8.32. The lowest BCUT2D eigenvalue weighted by Gasteiger charge is -2.15. The highest BCUT2D eigenvalue weighted by Gasteiger charge is 2.22. The van der Waals surface area contributed by atoms with Crippen LogP contribution in [0.1, 0.15) is 5.56 Å². The highest BCUT2D eigenvalue weighted by Crippen LogP contribution is 2.40. The van der Waals surface area contributed by atoms with Gasteiger partial charge in [0.25, 0.3) is 10.1 Å². The van der Waals surface area contributed by atoms with Gasteiger partial charge in [-0.25, -0.2) is 18.7 Å². The Morgan fingerprint density at radius 3 is 1.55 bits per heavy atom. The molecule has 0 aliphatic carbocycles. The highest BCUT2D eigenvalue weighted by atomic mass is 35.5. The number of para-hydroxylation sites is 2. The van der Waals surface area contributed by atoms with Gasteiger partial charge in [0.05, 0.1) is 64.1 Å². The fourth-order valence-corrected chi connectivity index (χ4v) is 8.88. The summed E-state index contributed by atoms with van der Waals surface area (Å²) in [5.41, 5.74) is 5.87. The van der Waals surface area contributed by atoms with Gasteiger partial charge in [0, 0.05) is 34.9 Å². The van der Waals surface area contributed by atoms with E-state index in [0.29, 0.717) is 22.0 Å². The van der Waals surface area contributed by atoms with Gasteiger partial charge in [0.1, 0.15) is 25.8 Å². The summed E-state index contributed by atoms with van der Waals surface area (Å²) in [5.74, 6) is -3.77. The van der Waals surface area contributed by atoms with E-state index in [1.807, 2.05) is 6.92 Å². The SMILES string of the molecule is COc1cc(F)c([N+](=O)[O-])cc1N.COc1cc(F)c([N+](=O)[O-])cc1Nc1ncc(F)c(Nc2ccccc2P(C)(C)=O)n1.CP(C)(=O)c1ccccc1Nc1nc(Cl)ncc1F.Cc1ccc(S(=O)(=O)O)cc1. The summed E-state index contributed by atoms with van der Waals surface area (Å²) < 4.78 is 119. The van der Waals surface area contributed by atoms with Crippen LogP contribution in [-0.2, 0) is 19.2 Å². The Morgan fingerprint density at radius 2 is 1.09 bits per heavy atom. The van der Waals surface area contributed by atoms with Crippen molar-refractivity contribution in [2.24, 2.45) is 0 Å². The Hall–Kier alpha value is -7.76. The fourth-order valence-electron chi connectivity index (χ4n) is 5.96. The molecule has 74 heavy (non-hydrogen) atoms. The molecule has 29 heteroatoms. The van der Waals surface area contributed by atoms with E-state index in [4.69, 9.17) is 26.6 Å². The van der Waals surface area contributed by atoms with Crippen LogP contribution in [0.15, 0.2) is 114 Å². The molecule has 0 aliphatic rings. The Morgan fingerprint density at radius 1 is 0.649 bits per heavy atom. The number of hydrogen-bond donors (Lipinski definition) is 5. The van der Waals surface area contributed by atoms with Gasteiger partial charge in [-0.1, -0.05) is 42.0 Å². The normalized spacial score (nSPS) is 11.0. The van der Waals surface area contributed by atoms with Crippen molar-refractivity contribution >= 4 is 98.3 Å². The van der Waals surface area contributed by atoms with E-state index in [0.717, 1.165) is 42.2 Å². The van der Waals surface area contributed by atoms with Gasteiger partial charge < -0.3 is 40.3 Å². The average molecular weight is 1110 g/mol. The number of rotatable bonds is 13. The molecule has 6 N–H and O–H groups in total. The zero-order chi connectivity index (χ0) is 55.3. The fraction of sp³-hybridized carbons (Fsp3) is 0.156. The van der Waals surface area contributed by atoms with Crippen LogP contribution in [0.2, 0.25) is 5.28 Å². The van der Waals surface area contributed by atoms with Gasteiger partial charge in [-0.05, 0) is 81.6 Å². The number of nitrogens with one attached hydrogen (secondary N) is 3. The van der Waals surface area contributed by atoms with E-state index in [9.17, 15) is 55.3 Å². The number of ether oxygens (including phenoxy) is 2. The van der Waals surface area contributed by atoms with Crippen molar-refractivity contribution in [2.75, 3.05) is 62.6 Å². The Labute approximate surface area is 425 Å². The summed E-state index contributed by atoms with van der Waals surface area (Å²) >= 11 is 5.63. The van der Waals surface area contributed by atoms with Crippen LogP contribution in [0.25, 0.3) is 0 Å². The predicted octanol–water partition coefficient (Wildman–Crippen LogP) is 10.2. The van der Waals surface area contributed by atoms with Gasteiger partial charge in [-0.15, -0.1) is 0 Å². The first-order valence-electron chi connectivity index (χ1n) is 20.7. The molecule has 0 saturated carbocycles. The minimum absolute atomic E-state index is 0.0141. The minimum atomic E-state index is -4.02. The van der Waals surface area contributed by atoms with Crippen LogP contribution < -0.4 is 41.8 Å². The van der Waals surface area contributed by atoms with Crippen LogP contribution >= 0.6 is 25.9 Å². The summed E-state index contributed by atoms with van der Waals surface area (Å²) in [5, 5.41) is 30.6. The molecule has 7 rings (SSSR count). The maximum absolute atomic E-state index is 14.3. The maximum Gasteiger partial charge on any atom is 0.307 e. The Kier molecular flexibility index (Phi) is 20.1. The number of nitrogens with two attached hydrogens (primary N) is 1. The number of hydrogen-bond acceptors (Lipinski definition) is 18. The molecule has 0 radical (unpaired) electrons. The van der Waals surface area contributed by atoms with Crippen molar-refractivity contribution in [3.05, 3.63) is 164 Å². The summed E-state index contributed by atoms with van der Waals surface area (Å²) in [6.07, 6.45) is 1.87. The lowest BCUT2D eigenvalue weighted by atomic mass is 10.2. The number of halogens is 5. The molecule has 7 aromatic rings. The smallest absolute Gasteiger partial charge is 0.307 e. The van der Waals surface area contributed by atoms with E-state index in [1.54, 1.807) is 87.3 Å². The molecular formula is C45H45ClF4N10O11P2S. The van der Waals surface area contributed by atoms with E-state index >= 15 is 0 Å². The largest absolute Gasteiger partial charge is 0.494 e. The molecule has 0 amide bonds. The number of anilines is 7. The summed E-state index contributed by atoms with van der Waals surface area (Å²) in [4.78, 5) is 34.6. The van der Waals surface area contributed by atoms with Crippen LogP contribution in [0, 0.1) is 50.4 Å². The molecule has 392 valence electrons. The molecule has 0 atom stereocenters. The zero-order valence-electron chi connectivity index (χ0n) is 39.9. The van der Waals surface area contributed by atoms with Gasteiger partial charge in [-0.2, -0.15) is 27.2 Å². The van der Waals surface area contributed by atoms with Crippen molar-refractivity contribution in [3.8, 4) is 11.5 Å². The number of nitro groups is 2. The third-order valence-corrected chi connectivity index (χ3v) is 13.6. The van der Waals surface area contributed by atoms with Crippen molar-refractivity contribution in [1.29, 1.82) is 0 Å². The molecule has 21 nitrogen and oxygen atoms in total. The highest BCUT2D eigenvalue weighted by molar-refractivity contribution is 7.85. The Bertz CT molecular complexity index is 3400. The second kappa shape index (κ2) is 25.3. The van der Waals surface area contributed by atoms with Crippen molar-refractivity contribution in [3.63, 3.8) is 0 Å². The first-order valence-corrected chi connectivity index (χ1v) is 27.7. The number of benzene rings is 5. The molecule has 0 bridgehead atoms. The number of nitrogen functional groups attached to an aromatic ring is 1. The molecule has 5 aromatic carbocycles. The zero-order valence-corrected chi connectivity index (χ0v) is 43.2. The van der Waals surface area contributed by atoms with Crippen LogP contribution in [0.5, 0.6) is 11.5 Å². The molecule has 0 unspecified atom stereocenters. The standard InChI is InChI=1S/C19H18F2N5O4P.C12H12ClFN3OP.C7H7FN2O3.C7H8O3S/c1-30-16-8-11(20)15(26(27)28)9-14(16)24-19-22-10-12(21)18(25-19)23-13-6-4-5-7-17(13)31(2,3)29;1-19(2,18)10-6-4-3-5-9(10)16-11-8(14)7-15-12(13)17-11;1-13-7-2-4(8)6(10(11)12)3-5(7)9;1-6-2-4-7(5-3-6)11(8,9)10/h4-10H,1-3H3,(H2,22,23,24,25);3-7H,1-2H3,(H,15,16,17);2-3H,9H2,1H3;2-5H,1H3,(H,8,9,10). The third kappa shape index (κ3) is 16.6. The van der Waals surface area contributed by atoms with Gasteiger partial charge >= 0.3 is 11.4 Å². The van der Waals surface area contributed by atoms with E-state index in [2.05, 4.69) is 40.6 Å². The molecule has 0 saturated heterocycles. The van der Waals surface area contributed by atoms with Gasteiger partial charge in [0.2, 0.25) is 22.9 Å². The lowest BCUT2D eigenvalue weighted by molar-refractivity contribution is -0.387. The number of aromatic nitrogens is 4. The minimum Gasteiger partial charge on any atom is -0.494 e. The van der Waals surface area contributed by atoms with Crippen molar-refractivity contribution in [1.82, 2.24) is 19.9 Å². The van der Waals surface area contributed by atoms with E-state index < -0.39 is 68.9 Å². The average Bonchev–Trinajstić information content (AvgIpc) is 3.32. The van der Waals surface area contributed by atoms with E-state index in [-0.39, 0.29) is 50.6 Å². The molecular weight excluding hydrogens is 1060 g/mol. The van der Waals surface area contributed by atoms with E-state index in [1.165, 1.54) is 26.4 Å². The topological polar surface area (TPSA) is 307 Å². The quantitative estimate of drug-likeness (QED) is 0.0136. The van der Waals surface area contributed by atoms with Gasteiger partial charge in [0.15, 0.2) is 23.3 Å². The number of methoxy groups -OCH3 is 2. The molecule has 0 aliphatic heterocycles. The monoisotopic (exact) mass is 1110 g/mol. The Balaban J connectivity index is 0.000000234. The number of aryl methyl sites for hydroxylation is 1. The van der Waals surface area contributed by atoms with Crippen LogP contribution in [0.3, 0.4) is 0 Å². The van der Waals surface area contributed by atoms with Crippen molar-refractivity contribution in [2.45, 2.75) is 11.8 Å². The van der Waals surface area contributed by atoms with Crippen molar-refractivity contribution < 1.29 is 59.0 Å². The number of nitro benzene ring substituents is 2.